The van der Waals surface area contributed by atoms with Gasteiger partial charge in [-0.15, -0.1) is 24.0 Å². The molecule has 12 heteroatoms. The summed E-state index contributed by atoms with van der Waals surface area (Å²) in [6.07, 6.45) is 0.177. The van der Waals surface area contributed by atoms with Crippen molar-refractivity contribution < 1.29 is 101 Å². The van der Waals surface area contributed by atoms with Crippen molar-refractivity contribution in [2.75, 3.05) is 13.2 Å². The Morgan fingerprint density at radius 2 is 1.55 bits per heavy atom. The summed E-state index contributed by atoms with van der Waals surface area (Å²) < 4.78 is 44.7. The van der Waals surface area contributed by atoms with E-state index in [1.807, 2.05) is 6.92 Å². The van der Waals surface area contributed by atoms with Gasteiger partial charge < -0.3 is 44.8 Å². The molecule has 0 aliphatic carbocycles. The summed E-state index contributed by atoms with van der Waals surface area (Å²) in [5, 5.41) is 20.7. The molecule has 15 atom stereocenters. The Morgan fingerprint density at radius 1 is 0.875 bits per heavy atom. The molecule has 0 aromatic carbocycles. The third-order valence-corrected chi connectivity index (χ3v) is 10.1. The molecule has 0 bridgehead atoms. The standard InChI is InChI=1S/C28H44O10.HI.K.H/c1-13-8-17-19(34-21-12-32-23(11-22(29)30)35-18(21)9-13)10-20-25(36-17)15(3)24(31)27-26(37-20)14(2)16(4)28(38-27)6-5-7-33-28;;;/h13-21,23-27,31H,5-12H2,1-4H3,(H,29,30);1H;;/q;;+1;-1/t13-,14+,15+,16+,17+,18-,19-,20+,21+,23+,24+,25-,26-,27+,28?;;;/m1.../s1. The zero-order valence-electron chi connectivity index (χ0n) is 25.3. The number of aliphatic hydroxyl groups excluding tert-OH is 1. The summed E-state index contributed by atoms with van der Waals surface area (Å²) in [4.78, 5) is 11.2. The van der Waals surface area contributed by atoms with Gasteiger partial charge in [-0.1, -0.05) is 27.7 Å². The number of fused-ring (bicyclic) bond motifs is 4. The molecule has 6 aliphatic heterocycles. The predicted octanol–water partition coefficient (Wildman–Crippen LogP) is 0.220. The molecule has 1 spiro atoms. The number of hydrogen-bond donors (Lipinski definition) is 2. The molecule has 226 valence electrons. The maximum absolute atomic E-state index is 11.6. The fourth-order valence-electron chi connectivity index (χ4n) is 7.80. The molecule has 6 fully saturated rings. The molecule has 2 N–H and O–H groups in total. The largest absolute Gasteiger partial charge is 1.00 e. The van der Waals surface area contributed by atoms with Crippen LogP contribution in [0.1, 0.15) is 67.6 Å². The quantitative estimate of drug-likeness (QED) is 0.305. The van der Waals surface area contributed by atoms with E-state index in [0.717, 1.165) is 25.7 Å². The van der Waals surface area contributed by atoms with Gasteiger partial charge in [0.05, 0.1) is 62.4 Å². The van der Waals surface area contributed by atoms with Crippen molar-refractivity contribution in [3.63, 3.8) is 0 Å². The molecule has 6 saturated heterocycles. The molecular weight excluding hydrogens is 662 g/mol. The van der Waals surface area contributed by atoms with Crippen LogP contribution in [0, 0.1) is 23.7 Å². The van der Waals surface area contributed by atoms with Crippen LogP contribution in [-0.4, -0.2) is 96.4 Å². The number of halogens is 1. The third kappa shape index (κ3) is 6.56. The Labute approximate surface area is 298 Å². The molecular formula is C28H46IKO10. The van der Waals surface area contributed by atoms with Gasteiger partial charge in [-0.25, -0.2) is 0 Å². The van der Waals surface area contributed by atoms with E-state index in [1.165, 1.54) is 0 Å². The first-order chi connectivity index (χ1) is 18.1. The minimum absolute atomic E-state index is 0. The van der Waals surface area contributed by atoms with Crippen molar-refractivity contribution in [2.45, 2.75) is 133 Å². The number of aliphatic carboxylic acids is 1. The number of carboxylic acid groups (broad SMARTS) is 1. The zero-order chi connectivity index (χ0) is 26.8. The summed E-state index contributed by atoms with van der Waals surface area (Å²) in [5.74, 6) is -1.21. The monoisotopic (exact) mass is 708 g/mol. The van der Waals surface area contributed by atoms with Crippen molar-refractivity contribution in [3.05, 3.63) is 0 Å². The number of carboxylic acids is 1. The van der Waals surface area contributed by atoms with Crippen LogP contribution in [0.4, 0.5) is 0 Å². The minimum Gasteiger partial charge on any atom is -1.00 e. The molecule has 6 heterocycles. The Bertz CT molecular complexity index is 883. The van der Waals surface area contributed by atoms with Gasteiger partial charge in [-0.05, 0) is 31.1 Å². The molecule has 1 unspecified atom stereocenters. The molecule has 6 rings (SSSR count). The van der Waals surface area contributed by atoms with Crippen molar-refractivity contribution >= 4 is 29.9 Å². The Hall–Kier alpha value is 1.52. The first-order valence-corrected chi connectivity index (χ1v) is 14.6. The van der Waals surface area contributed by atoms with Crippen LogP contribution in [-0.2, 0) is 38.0 Å². The number of aliphatic hydroxyl groups is 1. The summed E-state index contributed by atoms with van der Waals surface area (Å²) in [7, 11) is 0. The smallest absolute Gasteiger partial charge is 1.00 e. The summed E-state index contributed by atoms with van der Waals surface area (Å²) in [5.41, 5.74) is 0. The van der Waals surface area contributed by atoms with Crippen LogP contribution in [0.3, 0.4) is 0 Å². The van der Waals surface area contributed by atoms with Crippen LogP contribution in [0.5, 0.6) is 0 Å². The molecule has 10 nitrogen and oxygen atoms in total. The molecule has 6 aliphatic rings. The first-order valence-electron chi connectivity index (χ1n) is 14.6. The van der Waals surface area contributed by atoms with E-state index in [1.54, 1.807) is 0 Å². The predicted molar refractivity (Wildman–Crippen MR) is 149 cm³/mol. The van der Waals surface area contributed by atoms with Crippen LogP contribution in [0.2, 0.25) is 0 Å². The van der Waals surface area contributed by atoms with E-state index in [9.17, 15) is 9.90 Å². The van der Waals surface area contributed by atoms with Crippen molar-refractivity contribution in [1.29, 1.82) is 0 Å². The van der Waals surface area contributed by atoms with Gasteiger partial charge in [-0.3, -0.25) is 4.79 Å². The van der Waals surface area contributed by atoms with Gasteiger partial charge in [0, 0.05) is 24.7 Å². The topological polar surface area (TPSA) is 122 Å². The van der Waals surface area contributed by atoms with Gasteiger partial charge in [0.25, 0.3) is 0 Å². The van der Waals surface area contributed by atoms with Crippen LogP contribution >= 0.6 is 24.0 Å². The van der Waals surface area contributed by atoms with Gasteiger partial charge in [-0.2, -0.15) is 0 Å². The molecule has 0 saturated carbocycles. The van der Waals surface area contributed by atoms with Crippen molar-refractivity contribution in [2.24, 2.45) is 23.7 Å². The Kier molecular flexibility index (Phi) is 11.9. The summed E-state index contributed by atoms with van der Waals surface area (Å²) in [6.45, 7) is 9.53. The van der Waals surface area contributed by atoms with Crippen LogP contribution < -0.4 is 51.4 Å². The molecule has 0 aromatic rings. The molecule has 0 radical (unpaired) electrons. The second-order valence-electron chi connectivity index (χ2n) is 12.7. The van der Waals surface area contributed by atoms with Crippen LogP contribution in [0.15, 0.2) is 0 Å². The average molecular weight is 709 g/mol. The number of rotatable bonds is 2. The first kappa shape index (κ1) is 34.4. The minimum atomic E-state index is -0.944. The summed E-state index contributed by atoms with van der Waals surface area (Å²) >= 11 is 0. The van der Waals surface area contributed by atoms with Crippen LogP contribution in [0.25, 0.3) is 0 Å². The van der Waals surface area contributed by atoms with E-state index in [0.29, 0.717) is 13.0 Å². The van der Waals surface area contributed by atoms with Gasteiger partial charge >= 0.3 is 57.4 Å². The Balaban J connectivity index is 0.00000154. The SMILES string of the molecule is C[C@@H]1C[C@@H]2O[C@@H]3[C@@H](C)[C@H](O)[C@@H]4OC5(CCCO5)[C@@H](C)[C@H](C)[C@H]4O[C@H]3C[C@H]2O[C@H]2CO[C@H](CC(=O)O)O[C@@H]2C1.I.[H-].[K+]. The maximum atomic E-state index is 11.6. The van der Waals surface area contributed by atoms with Gasteiger partial charge in [0.1, 0.15) is 12.2 Å². The van der Waals surface area contributed by atoms with Gasteiger partial charge in [0.2, 0.25) is 0 Å². The molecule has 0 aromatic heterocycles. The van der Waals surface area contributed by atoms with E-state index < -0.39 is 30.3 Å². The number of carbonyl (C=O) groups is 1. The number of ether oxygens (including phenoxy) is 7. The van der Waals surface area contributed by atoms with Gasteiger partial charge in [0.15, 0.2) is 12.1 Å². The zero-order valence-corrected chi connectivity index (χ0v) is 29.8. The second-order valence-corrected chi connectivity index (χ2v) is 12.7. The fourth-order valence-corrected chi connectivity index (χ4v) is 7.80. The van der Waals surface area contributed by atoms with E-state index >= 15 is 0 Å². The van der Waals surface area contributed by atoms with Crippen molar-refractivity contribution in [3.8, 4) is 0 Å². The third-order valence-electron chi connectivity index (χ3n) is 10.1. The van der Waals surface area contributed by atoms with E-state index in [2.05, 4.69) is 20.8 Å². The Morgan fingerprint density at radius 3 is 2.23 bits per heavy atom. The summed E-state index contributed by atoms with van der Waals surface area (Å²) in [6, 6.07) is 0. The molecule has 40 heavy (non-hydrogen) atoms. The van der Waals surface area contributed by atoms with E-state index in [4.69, 9.17) is 38.3 Å². The normalized spacial score (nSPS) is 52.2. The van der Waals surface area contributed by atoms with Crippen molar-refractivity contribution in [1.82, 2.24) is 0 Å². The second kappa shape index (κ2) is 13.9. The maximum Gasteiger partial charge on any atom is 1.00 e. The average Bonchev–Trinajstić information content (AvgIpc) is 3.31. The fraction of sp³-hybridized carbons (Fsp3) is 0.964. The van der Waals surface area contributed by atoms with E-state index in [-0.39, 0.29) is 156 Å². The number of hydrogen-bond acceptors (Lipinski definition) is 9. The molecule has 0 amide bonds.